The SMILES string of the molecule is CCC[C@@H](C)NC(=O)C[NH+]1CCN(c2ccc([N+](=O)[O-])cc2)CC1. The van der Waals surface area contributed by atoms with Crippen LogP contribution in [0.25, 0.3) is 0 Å². The summed E-state index contributed by atoms with van der Waals surface area (Å²) in [6, 6.07) is 6.90. The molecular formula is C17H27N4O3+. The minimum atomic E-state index is -0.385. The van der Waals surface area contributed by atoms with Crippen LogP contribution in [-0.4, -0.2) is 49.6 Å². The maximum atomic E-state index is 12.0. The lowest BCUT2D eigenvalue weighted by atomic mass is 10.2. The molecule has 1 amide bonds. The van der Waals surface area contributed by atoms with Crippen LogP contribution in [0.5, 0.6) is 0 Å². The number of nitrogens with one attached hydrogen (secondary N) is 2. The first kappa shape index (κ1) is 18.2. The van der Waals surface area contributed by atoms with Gasteiger partial charge in [-0.1, -0.05) is 13.3 Å². The number of rotatable bonds is 7. The number of hydrogen-bond donors (Lipinski definition) is 2. The van der Waals surface area contributed by atoms with Crippen molar-refractivity contribution in [2.75, 3.05) is 37.6 Å². The zero-order valence-corrected chi connectivity index (χ0v) is 14.5. The fourth-order valence-electron chi connectivity index (χ4n) is 3.10. The molecule has 24 heavy (non-hydrogen) atoms. The van der Waals surface area contributed by atoms with Crippen molar-refractivity contribution in [1.82, 2.24) is 5.32 Å². The van der Waals surface area contributed by atoms with Crippen molar-refractivity contribution in [2.45, 2.75) is 32.7 Å². The van der Waals surface area contributed by atoms with Gasteiger partial charge >= 0.3 is 0 Å². The number of anilines is 1. The second kappa shape index (κ2) is 8.63. The van der Waals surface area contributed by atoms with Gasteiger partial charge in [0, 0.05) is 23.9 Å². The molecule has 0 unspecified atom stereocenters. The third kappa shape index (κ3) is 5.19. The van der Waals surface area contributed by atoms with Crippen LogP contribution < -0.4 is 15.1 Å². The Kier molecular flexibility index (Phi) is 6.54. The summed E-state index contributed by atoms with van der Waals surface area (Å²) in [5, 5.41) is 13.8. The lowest BCUT2D eigenvalue weighted by Gasteiger charge is -2.33. The number of carbonyl (C=O) groups excluding carboxylic acids is 1. The summed E-state index contributed by atoms with van der Waals surface area (Å²) in [5.74, 6) is 0.120. The second-order valence-electron chi connectivity index (χ2n) is 6.44. The number of nitro benzene ring substituents is 1. The highest BCUT2D eigenvalue weighted by Crippen LogP contribution is 2.19. The van der Waals surface area contributed by atoms with Gasteiger partial charge < -0.3 is 15.1 Å². The van der Waals surface area contributed by atoms with Crippen molar-refractivity contribution < 1.29 is 14.6 Å². The summed E-state index contributed by atoms with van der Waals surface area (Å²) in [5.41, 5.74) is 1.11. The Bertz CT molecular complexity index is 553. The summed E-state index contributed by atoms with van der Waals surface area (Å²) in [6.07, 6.45) is 2.08. The third-order valence-corrected chi connectivity index (χ3v) is 4.44. The Balaban J connectivity index is 1.78. The highest BCUT2D eigenvalue weighted by molar-refractivity contribution is 5.77. The number of piperazine rings is 1. The van der Waals surface area contributed by atoms with Crippen LogP contribution in [0.2, 0.25) is 0 Å². The van der Waals surface area contributed by atoms with Gasteiger partial charge in [-0.3, -0.25) is 14.9 Å². The number of carbonyl (C=O) groups is 1. The highest BCUT2D eigenvalue weighted by atomic mass is 16.6. The molecule has 1 aromatic carbocycles. The molecule has 1 saturated heterocycles. The number of hydrogen-bond acceptors (Lipinski definition) is 4. The number of quaternary nitrogens is 1. The van der Waals surface area contributed by atoms with Gasteiger partial charge in [-0.15, -0.1) is 0 Å². The smallest absolute Gasteiger partial charge is 0.275 e. The highest BCUT2D eigenvalue weighted by Gasteiger charge is 2.23. The minimum absolute atomic E-state index is 0.112. The molecule has 1 aromatic rings. The van der Waals surface area contributed by atoms with E-state index in [-0.39, 0.29) is 22.6 Å². The number of benzene rings is 1. The van der Waals surface area contributed by atoms with E-state index in [1.54, 1.807) is 12.1 Å². The predicted octanol–water partition coefficient (Wildman–Crippen LogP) is 0.605. The van der Waals surface area contributed by atoms with Gasteiger partial charge in [-0.05, 0) is 25.5 Å². The first-order chi connectivity index (χ1) is 11.5. The Hall–Kier alpha value is -2.15. The van der Waals surface area contributed by atoms with Crippen molar-refractivity contribution in [1.29, 1.82) is 0 Å². The van der Waals surface area contributed by atoms with E-state index in [4.69, 9.17) is 0 Å². The van der Waals surface area contributed by atoms with E-state index in [0.717, 1.165) is 44.7 Å². The second-order valence-corrected chi connectivity index (χ2v) is 6.44. The molecule has 1 aliphatic heterocycles. The van der Waals surface area contributed by atoms with Crippen LogP contribution >= 0.6 is 0 Å². The third-order valence-electron chi connectivity index (χ3n) is 4.44. The standard InChI is InChI=1S/C17H26N4O3/c1-3-4-14(2)18-17(22)13-19-9-11-20(12-10-19)15-5-7-16(8-6-15)21(23)24/h5-8,14H,3-4,9-13H2,1-2H3,(H,18,22)/p+1/t14-/m1/s1. The normalized spacial score (nSPS) is 16.7. The molecule has 2 N–H and O–H groups in total. The largest absolute Gasteiger partial charge is 0.360 e. The Morgan fingerprint density at radius 2 is 1.96 bits per heavy atom. The average molecular weight is 335 g/mol. The Morgan fingerprint density at radius 1 is 1.33 bits per heavy atom. The number of amides is 1. The van der Waals surface area contributed by atoms with Gasteiger partial charge in [0.05, 0.1) is 31.1 Å². The van der Waals surface area contributed by atoms with Crippen LogP contribution in [0.4, 0.5) is 11.4 Å². The zero-order valence-electron chi connectivity index (χ0n) is 14.5. The molecule has 1 aliphatic rings. The van der Waals surface area contributed by atoms with Gasteiger partial charge in [-0.25, -0.2) is 0 Å². The van der Waals surface area contributed by atoms with Crippen LogP contribution in [0.15, 0.2) is 24.3 Å². The molecule has 1 heterocycles. The molecule has 0 spiro atoms. The van der Waals surface area contributed by atoms with Crippen molar-refractivity contribution >= 4 is 17.3 Å². The van der Waals surface area contributed by atoms with Crippen LogP contribution in [0, 0.1) is 10.1 Å². The molecule has 132 valence electrons. The molecule has 1 fully saturated rings. The molecule has 1 atom stereocenters. The fourth-order valence-corrected chi connectivity index (χ4v) is 3.10. The van der Waals surface area contributed by atoms with Crippen LogP contribution in [0.3, 0.4) is 0 Å². The van der Waals surface area contributed by atoms with Crippen LogP contribution in [-0.2, 0) is 4.79 Å². The van der Waals surface area contributed by atoms with E-state index in [1.165, 1.54) is 17.0 Å². The molecule has 7 nitrogen and oxygen atoms in total. The molecular weight excluding hydrogens is 308 g/mol. The van der Waals surface area contributed by atoms with Gasteiger partial charge in [-0.2, -0.15) is 0 Å². The quantitative estimate of drug-likeness (QED) is 0.565. The topological polar surface area (TPSA) is 79.9 Å². The molecule has 0 radical (unpaired) electrons. The Morgan fingerprint density at radius 3 is 2.50 bits per heavy atom. The molecule has 0 saturated carbocycles. The van der Waals surface area contributed by atoms with Crippen molar-refractivity contribution in [2.24, 2.45) is 0 Å². The monoisotopic (exact) mass is 335 g/mol. The van der Waals surface area contributed by atoms with Gasteiger partial charge in [0.25, 0.3) is 11.6 Å². The number of non-ortho nitro benzene ring substituents is 1. The summed E-state index contributed by atoms with van der Waals surface area (Å²) < 4.78 is 0. The van der Waals surface area contributed by atoms with E-state index in [0.29, 0.717) is 6.54 Å². The zero-order chi connectivity index (χ0) is 17.5. The van der Waals surface area contributed by atoms with Crippen molar-refractivity contribution in [3.63, 3.8) is 0 Å². The van der Waals surface area contributed by atoms with E-state index in [2.05, 4.69) is 17.1 Å². The summed E-state index contributed by atoms with van der Waals surface area (Å²) in [4.78, 5) is 25.9. The van der Waals surface area contributed by atoms with Gasteiger partial charge in [0.15, 0.2) is 6.54 Å². The number of nitrogens with zero attached hydrogens (tertiary/aromatic N) is 2. The lowest BCUT2D eigenvalue weighted by Crippen LogP contribution is -3.16. The van der Waals surface area contributed by atoms with E-state index < -0.39 is 0 Å². The fraction of sp³-hybridized carbons (Fsp3) is 0.588. The summed E-state index contributed by atoms with van der Waals surface area (Å²) >= 11 is 0. The molecule has 0 aliphatic carbocycles. The van der Waals surface area contributed by atoms with E-state index in [1.807, 2.05) is 6.92 Å². The number of nitro groups is 1. The predicted molar refractivity (Wildman–Crippen MR) is 93.4 cm³/mol. The minimum Gasteiger partial charge on any atom is -0.360 e. The maximum absolute atomic E-state index is 12.0. The summed E-state index contributed by atoms with van der Waals surface area (Å²) in [6.45, 7) is 8.17. The average Bonchev–Trinajstić information content (AvgIpc) is 2.55. The maximum Gasteiger partial charge on any atom is 0.275 e. The van der Waals surface area contributed by atoms with E-state index in [9.17, 15) is 14.9 Å². The summed E-state index contributed by atoms with van der Waals surface area (Å²) in [7, 11) is 0. The van der Waals surface area contributed by atoms with Gasteiger partial charge in [0.1, 0.15) is 0 Å². The molecule has 2 rings (SSSR count). The first-order valence-corrected chi connectivity index (χ1v) is 8.62. The van der Waals surface area contributed by atoms with E-state index >= 15 is 0 Å². The van der Waals surface area contributed by atoms with Crippen molar-refractivity contribution in [3.05, 3.63) is 34.4 Å². The molecule has 0 aromatic heterocycles. The van der Waals surface area contributed by atoms with Crippen molar-refractivity contribution in [3.8, 4) is 0 Å². The van der Waals surface area contributed by atoms with Crippen LogP contribution in [0.1, 0.15) is 26.7 Å². The van der Waals surface area contributed by atoms with Gasteiger partial charge in [0.2, 0.25) is 0 Å². The Labute approximate surface area is 142 Å². The lowest BCUT2D eigenvalue weighted by molar-refractivity contribution is -0.892. The molecule has 0 bridgehead atoms. The molecule has 7 heteroatoms. The first-order valence-electron chi connectivity index (χ1n) is 8.62.